The molecule has 1 saturated heterocycles. The highest BCUT2D eigenvalue weighted by atomic mass is 32.2. The van der Waals surface area contributed by atoms with Gasteiger partial charge in [0.15, 0.2) is 9.84 Å². The van der Waals surface area contributed by atoms with Crippen molar-refractivity contribution in [3.8, 4) is 5.75 Å². The van der Waals surface area contributed by atoms with E-state index in [2.05, 4.69) is 5.32 Å². The van der Waals surface area contributed by atoms with Gasteiger partial charge in [0.2, 0.25) is 0 Å². The van der Waals surface area contributed by atoms with E-state index in [0.717, 1.165) is 32.2 Å². The topological polar surface area (TPSA) is 81.4 Å². The van der Waals surface area contributed by atoms with Gasteiger partial charge in [-0.05, 0) is 56.5 Å². The Kier molecular flexibility index (Phi) is 6.06. The third kappa shape index (κ3) is 4.05. The second kappa shape index (κ2) is 7.64. The third-order valence-electron chi connectivity index (χ3n) is 4.84. The molecule has 1 aliphatic rings. The fraction of sp³-hybridized carbons (Fsp3) is 0.647. The van der Waals surface area contributed by atoms with Gasteiger partial charge >= 0.3 is 0 Å². The molecule has 1 aliphatic heterocycles. The highest BCUT2D eigenvalue weighted by Crippen LogP contribution is 2.27. The number of piperidine rings is 1. The maximum absolute atomic E-state index is 12.7. The molecule has 1 heterocycles. The van der Waals surface area contributed by atoms with Crippen LogP contribution in [0.2, 0.25) is 0 Å². The number of nitrogens with one attached hydrogen (secondary N) is 1. The van der Waals surface area contributed by atoms with E-state index in [9.17, 15) is 8.42 Å². The minimum absolute atomic E-state index is 0.336. The molecule has 0 radical (unpaired) electrons. The lowest BCUT2D eigenvalue weighted by atomic mass is 9.97. The summed E-state index contributed by atoms with van der Waals surface area (Å²) in [7, 11) is -3.28. The quantitative estimate of drug-likeness (QED) is 0.794. The average Bonchev–Trinajstić information content (AvgIpc) is 2.61. The van der Waals surface area contributed by atoms with E-state index in [0.29, 0.717) is 23.7 Å². The maximum atomic E-state index is 12.7. The van der Waals surface area contributed by atoms with E-state index < -0.39 is 9.84 Å². The second-order valence-corrected chi connectivity index (χ2v) is 8.41. The zero-order chi connectivity index (χ0) is 16.9. The molecule has 6 heteroatoms. The van der Waals surface area contributed by atoms with E-state index in [1.807, 2.05) is 13.8 Å². The fourth-order valence-corrected chi connectivity index (χ4v) is 4.66. The molecular weight excluding hydrogens is 312 g/mol. The highest BCUT2D eigenvalue weighted by molar-refractivity contribution is 7.92. The SMILES string of the molecule is CCC(CC)(CN)Oc1ccc(S(=O)(=O)C2CCCNC2)cc1. The van der Waals surface area contributed by atoms with Gasteiger partial charge in [0.05, 0.1) is 10.1 Å². The van der Waals surface area contributed by atoms with E-state index in [1.54, 1.807) is 24.3 Å². The first-order chi connectivity index (χ1) is 11.0. The Morgan fingerprint density at radius 3 is 2.39 bits per heavy atom. The fourth-order valence-electron chi connectivity index (χ4n) is 2.95. The molecule has 23 heavy (non-hydrogen) atoms. The van der Waals surface area contributed by atoms with Gasteiger partial charge in [-0.15, -0.1) is 0 Å². The summed E-state index contributed by atoms with van der Waals surface area (Å²) in [5.74, 6) is 0.667. The predicted octanol–water partition coefficient (Wildman–Crippen LogP) is 2.11. The first kappa shape index (κ1) is 18.2. The molecule has 1 atom stereocenters. The Hall–Kier alpha value is -1.11. The van der Waals surface area contributed by atoms with Gasteiger partial charge in [-0.3, -0.25) is 0 Å². The zero-order valence-electron chi connectivity index (χ0n) is 14.0. The Balaban J connectivity index is 2.15. The number of hydrogen-bond donors (Lipinski definition) is 2. The van der Waals surface area contributed by atoms with Crippen molar-refractivity contribution in [1.82, 2.24) is 5.32 Å². The molecule has 0 aliphatic carbocycles. The first-order valence-electron chi connectivity index (χ1n) is 8.41. The van der Waals surface area contributed by atoms with Crippen LogP contribution < -0.4 is 15.8 Å². The standard InChI is InChI=1S/C17H28N2O3S/c1-3-17(4-2,13-18)22-14-7-9-15(10-8-14)23(20,21)16-6-5-11-19-12-16/h7-10,16,19H,3-6,11-13,18H2,1-2H3. The van der Waals surface area contributed by atoms with Crippen molar-refractivity contribution < 1.29 is 13.2 Å². The van der Waals surface area contributed by atoms with Crippen molar-refractivity contribution in [2.75, 3.05) is 19.6 Å². The van der Waals surface area contributed by atoms with Crippen LogP contribution in [-0.2, 0) is 9.84 Å². The van der Waals surface area contributed by atoms with Crippen LogP contribution in [0.4, 0.5) is 0 Å². The van der Waals surface area contributed by atoms with Crippen molar-refractivity contribution in [3.05, 3.63) is 24.3 Å². The number of sulfone groups is 1. The summed E-state index contributed by atoms with van der Waals surface area (Å²) in [5.41, 5.74) is 5.46. The lowest BCUT2D eigenvalue weighted by molar-refractivity contribution is 0.0691. The van der Waals surface area contributed by atoms with Crippen LogP contribution in [0.25, 0.3) is 0 Å². The van der Waals surface area contributed by atoms with Crippen molar-refractivity contribution in [1.29, 1.82) is 0 Å². The van der Waals surface area contributed by atoms with Crippen molar-refractivity contribution in [2.24, 2.45) is 5.73 Å². The number of nitrogens with two attached hydrogens (primary N) is 1. The third-order valence-corrected chi connectivity index (χ3v) is 7.05. The van der Waals surface area contributed by atoms with Crippen LogP contribution >= 0.6 is 0 Å². The van der Waals surface area contributed by atoms with Crippen molar-refractivity contribution in [3.63, 3.8) is 0 Å². The predicted molar refractivity (Wildman–Crippen MR) is 92.5 cm³/mol. The number of benzene rings is 1. The Bertz CT molecular complexity index is 581. The van der Waals surface area contributed by atoms with E-state index in [-0.39, 0.29) is 10.9 Å². The van der Waals surface area contributed by atoms with Crippen molar-refractivity contribution in [2.45, 2.75) is 55.3 Å². The molecule has 2 rings (SSSR count). The molecule has 0 saturated carbocycles. The number of ether oxygens (including phenoxy) is 1. The minimum Gasteiger partial charge on any atom is -0.486 e. The summed E-state index contributed by atoms with van der Waals surface area (Å²) in [4.78, 5) is 0.366. The largest absolute Gasteiger partial charge is 0.486 e. The van der Waals surface area contributed by atoms with Crippen LogP contribution in [0.5, 0.6) is 5.75 Å². The van der Waals surface area contributed by atoms with Gasteiger partial charge in [0.25, 0.3) is 0 Å². The lowest BCUT2D eigenvalue weighted by Gasteiger charge is -2.31. The summed E-state index contributed by atoms with van der Waals surface area (Å²) in [6.07, 6.45) is 3.24. The molecule has 130 valence electrons. The van der Waals surface area contributed by atoms with Gasteiger partial charge in [0.1, 0.15) is 11.4 Å². The second-order valence-electron chi connectivity index (χ2n) is 6.18. The zero-order valence-corrected chi connectivity index (χ0v) is 14.9. The van der Waals surface area contributed by atoms with Gasteiger partial charge < -0.3 is 15.8 Å². The van der Waals surface area contributed by atoms with Crippen LogP contribution in [0.1, 0.15) is 39.5 Å². The van der Waals surface area contributed by atoms with Crippen LogP contribution in [0.15, 0.2) is 29.2 Å². The highest BCUT2D eigenvalue weighted by Gasteiger charge is 2.30. The molecular formula is C17H28N2O3S. The number of rotatable bonds is 7. The van der Waals surface area contributed by atoms with Crippen molar-refractivity contribution >= 4 is 9.84 Å². The molecule has 1 aromatic carbocycles. The molecule has 1 aromatic rings. The smallest absolute Gasteiger partial charge is 0.182 e. The molecule has 0 aromatic heterocycles. The summed E-state index contributed by atoms with van der Waals surface area (Å²) in [5, 5.41) is 2.82. The van der Waals surface area contributed by atoms with Crippen LogP contribution in [0.3, 0.4) is 0 Å². The van der Waals surface area contributed by atoms with Gasteiger partial charge in [-0.2, -0.15) is 0 Å². The summed E-state index contributed by atoms with van der Waals surface area (Å²) in [6, 6.07) is 6.76. The lowest BCUT2D eigenvalue weighted by Crippen LogP contribution is -2.42. The Morgan fingerprint density at radius 1 is 1.26 bits per heavy atom. The van der Waals surface area contributed by atoms with E-state index >= 15 is 0 Å². The van der Waals surface area contributed by atoms with Gasteiger partial charge in [-0.1, -0.05) is 13.8 Å². The normalized spacial score (nSPS) is 19.5. The number of hydrogen-bond acceptors (Lipinski definition) is 5. The molecule has 1 fully saturated rings. The Morgan fingerprint density at radius 2 is 1.91 bits per heavy atom. The van der Waals surface area contributed by atoms with E-state index in [1.165, 1.54) is 0 Å². The molecule has 0 spiro atoms. The molecule has 0 amide bonds. The minimum atomic E-state index is -3.28. The van der Waals surface area contributed by atoms with Gasteiger partial charge in [0, 0.05) is 13.1 Å². The van der Waals surface area contributed by atoms with Crippen LogP contribution in [0, 0.1) is 0 Å². The molecule has 5 nitrogen and oxygen atoms in total. The molecule has 3 N–H and O–H groups in total. The molecule has 0 bridgehead atoms. The average molecular weight is 340 g/mol. The van der Waals surface area contributed by atoms with E-state index in [4.69, 9.17) is 10.5 Å². The first-order valence-corrected chi connectivity index (χ1v) is 9.96. The summed E-state index contributed by atoms with van der Waals surface area (Å²) >= 11 is 0. The monoisotopic (exact) mass is 340 g/mol. The van der Waals surface area contributed by atoms with Crippen LogP contribution in [-0.4, -0.2) is 38.9 Å². The summed E-state index contributed by atoms with van der Waals surface area (Å²) in [6.45, 7) is 5.96. The Labute approximate surface area is 139 Å². The molecule has 1 unspecified atom stereocenters. The maximum Gasteiger partial charge on any atom is 0.182 e. The summed E-state index contributed by atoms with van der Waals surface area (Å²) < 4.78 is 31.3. The van der Waals surface area contributed by atoms with Gasteiger partial charge in [-0.25, -0.2) is 8.42 Å².